The lowest BCUT2D eigenvalue weighted by Gasteiger charge is -2.04. The predicted molar refractivity (Wildman–Crippen MR) is 87.5 cm³/mol. The van der Waals surface area contributed by atoms with Crippen LogP contribution in [0.2, 0.25) is 0 Å². The molecule has 0 radical (unpaired) electrons. The molecule has 0 heterocycles. The number of thioether (sulfide) groups is 1. The summed E-state index contributed by atoms with van der Waals surface area (Å²) in [4.78, 5) is 27.7. The van der Waals surface area contributed by atoms with E-state index >= 15 is 0 Å². The first kappa shape index (κ1) is 16.5. The molecular formula is C15H13N3O4S. The van der Waals surface area contributed by atoms with Crippen LogP contribution in [0.5, 0.6) is 0 Å². The Morgan fingerprint density at radius 2 is 1.87 bits per heavy atom. The number of hydrogen-bond donors (Lipinski definition) is 1. The summed E-state index contributed by atoms with van der Waals surface area (Å²) >= 11 is 1.41. The molecule has 0 atom stereocenters. The van der Waals surface area contributed by atoms with Crippen molar-refractivity contribution in [3.05, 3.63) is 69.8 Å². The molecule has 0 saturated carbocycles. The zero-order valence-electron chi connectivity index (χ0n) is 12.1. The summed E-state index contributed by atoms with van der Waals surface area (Å²) in [7, 11) is 0. The van der Waals surface area contributed by atoms with Gasteiger partial charge in [-0.3, -0.25) is 10.1 Å². The Balaban J connectivity index is 2.12. The molecule has 0 aliphatic rings. The summed E-state index contributed by atoms with van der Waals surface area (Å²) in [5.41, 5.74) is 6.46. The number of nitrogens with zero attached hydrogens (tertiary/aromatic N) is 2. The lowest BCUT2D eigenvalue weighted by atomic mass is 10.2. The van der Waals surface area contributed by atoms with Crippen molar-refractivity contribution in [2.75, 3.05) is 6.26 Å². The molecule has 2 aromatic rings. The number of nitrogens with two attached hydrogens (primary N) is 1. The zero-order valence-corrected chi connectivity index (χ0v) is 12.9. The third-order valence-corrected chi connectivity index (χ3v) is 3.72. The van der Waals surface area contributed by atoms with Gasteiger partial charge in [0.2, 0.25) is 0 Å². The molecule has 0 bridgehead atoms. The molecule has 0 spiro atoms. The van der Waals surface area contributed by atoms with Crippen molar-refractivity contribution in [2.24, 2.45) is 10.9 Å². The Morgan fingerprint density at radius 3 is 2.48 bits per heavy atom. The smallest absolute Gasteiger partial charge is 0.366 e. The summed E-state index contributed by atoms with van der Waals surface area (Å²) in [5, 5.41) is 14.2. The van der Waals surface area contributed by atoms with Crippen LogP contribution in [0, 0.1) is 10.1 Å². The number of hydrogen-bond acceptors (Lipinski definition) is 6. The lowest BCUT2D eigenvalue weighted by molar-refractivity contribution is -0.384. The van der Waals surface area contributed by atoms with Gasteiger partial charge < -0.3 is 10.6 Å². The summed E-state index contributed by atoms with van der Waals surface area (Å²) in [6.07, 6.45) is 1.85. The number of non-ortho nitro benzene ring substituents is 1. The topological polar surface area (TPSA) is 108 Å². The van der Waals surface area contributed by atoms with Crippen LogP contribution in [0.25, 0.3) is 0 Å². The van der Waals surface area contributed by atoms with Crippen LogP contribution in [-0.4, -0.2) is 23.0 Å². The van der Waals surface area contributed by atoms with E-state index in [1.54, 1.807) is 18.2 Å². The number of nitro benzene ring substituents is 1. The van der Waals surface area contributed by atoms with Gasteiger partial charge in [-0.1, -0.05) is 17.3 Å². The highest BCUT2D eigenvalue weighted by Gasteiger charge is 2.13. The second-order valence-corrected chi connectivity index (χ2v) is 5.21. The SMILES string of the molecule is CSc1ccccc1C(=O)O/N=C(/N)c1ccc([N+](=O)[O-])cc1. The Bertz CT molecular complexity index is 760. The quantitative estimate of drug-likeness (QED) is 0.225. The lowest BCUT2D eigenvalue weighted by Crippen LogP contribution is -2.15. The van der Waals surface area contributed by atoms with Gasteiger partial charge in [-0.25, -0.2) is 4.79 Å². The monoisotopic (exact) mass is 331 g/mol. The first-order valence-electron chi connectivity index (χ1n) is 6.45. The van der Waals surface area contributed by atoms with Crippen LogP contribution in [0.4, 0.5) is 5.69 Å². The zero-order chi connectivity index (χ0) is 16.8. The third kappa shape index (κ3) is 4.07. The Kier molecular flexibility index (Phi) is 5.32. The molecule has 0 aliphatic heterocycles. The maximum absolute atomic E-state index is 12.0. The van der Waals surface area contributed by atoms with Gasteiger partial charge in [-0.15, -0.1) is 11.8 Å². The van der Waals surface area contributed by atoms with E-state index in [2.05, 4.69) is 5.16 Å². The van der Waals surface area contributed by atoms with Crippen molar-refractivity contribution in [1.82, 2.24) is 0 Å². The molecule has 0 saturated heterocycles. The molecule has 7 nitrogen and oxygen atoms in total. The van der Waals surface area contributed by atoms with Gasteiger partial charge in [-0.2, -0.15) is 0 Å². The molecular weight excluding hydrogens is 318 g/mol. The van der Waals surface area contributed by atoms with Gasteiger partial charge in [0.15, 0.2) is 5.84 Å². The third-order valence-electron chi connectivity index (χ3n) is 2.93. The number of benzene rings is 2. The second kappa shape index (κ2) is 7.41. The van der Waals surface area contributed by atoms with Crippen LogP contribution in [0.1, 0.15) is 15.9 Å². The van der Waals surface area contributed by atoms with E-state index in [0.29, 0.717) is 11.1 Å². The molecule has 0 amide bonds. The fourth-order valence-corrected chi connectivity index (χ4v) is 2.35. The number of oxime groups is 1. The van der Waals surface area contributed by atoms with Gasteiger partial charge in [-0.05, 0) is 30.5 Å². The van der Waals surface area contributed by atoms with Crippen LogP contribution < -0.4 is 5.73 Å². The van der Waals surface area contributed by atoms with E-state index in [1.807, 2.05) is 12.3 Å². The summed E-state index contributed by atoms with van der Waals surface area (Å²) in [6, 6.07) is 12.4. The highest BCUT2D eigenvalue weighted by molar-refractivity contribution is 7.98. The van der Waals surface area contributed by atoms with Crippen LogP contribution >= 0.6 is 11.8 Å². The van der Waals surface area contributed by atoms with Crippen molar-refractivity contribution < 1.29 is 14.6 Å². The molecule has 0 aromatic heterocycles. The van der Waals surface area contributed by atoms with Crippen LogP contribution in [-0.2, 0) is 4.84 Å². The predicted octanol–water partition coefficient (Wildman–Crippen LogP) is 2.79. The van der Waals surface area contributed by atoms with Gasteiger partial charge in [0.1, 0.15) is 0 Å². The van der Waals surface area contributed by atoms with Crippen LogP contribution in [0.3, 0.4) is 0 Å². The Morgan fingerprint density at radius 1 is 1.22 bits per heavy atom. The standard InChI is InChI=1S/C15H13N3O4S/c1-23-13-5-3-2-4-12(13)15(19)22-17-14(16)10-6-8-11(9-7-10)18(20)21/h2-9H,1H3,(H2,16,17). The molecule has 118 valence electrons. The van der Waals surface area contributed by atoms with E-state index in [4.69, 9.17) is 10.6 Å². The number of carbonyl (C=O) groups excluding carboxylic acids is 1. The summed E-state index contributed by atoms with van der Waals surface area (Å²) < 4.78 is 0. The fraction of sp³-hybridized carbons (Fsp3) is 0.0667. The molecule has 2 N–H and O–H groups in total. The number of amidine groups is 1. The first-order chi connectivity index (χ1) is 11.0. The first-order valence-corrected chi connectivity index (χ1v) is 7.68. The molecule has 2 aromatic carbocycles. The van der Waals surface area contributed by atoms with E-state index < -0.39 is 10.9 Å². The Labute approximate surface area is 136 Å². The maximum Gasteiger partial charge on any atom is 0.366 e. The molecule has 23 heavy (non-hydrogen) atoms. The fourth-order valence-electron chi connectivity index (χ4n) is 1.76. The van der Waals surface area contributed by atoms with Crippen molar-refractivity contribution >= 4 is 29.3 Å². The van der Waals surface area contributed by atoms with Crippen molar-refractivity contribution in [2.45, 2.75) is 4.90 Å². The van der Waals surface area contributed by atoms with Crippen LogP contribution in [0.15, 0.2) is 58.6 Å². The van der Waals surface area contributed by atoms with Crippen molar-refractivity contribution in [3.63, 3.8) is 0 Å². The van der Waals surface area contributed by atoms with E-state index in [9.17, 15) is 14.9 Å². The average Bonchev–Trinajstić information content (AvgIpc) is 2.59. The largest absolute Gasteiger partial charge is 0.380 e. The number of carbonyl (C=O) groups is 1. The normalized spacial score (nSPS) is 11.1. The van der Waals surface area contributed by atoms with E-state index in [-0.39, 0.29) is 11.5 Å². The van der Waals surface area contributed by atoms with Crippen molar-refractivity contribution in [1.29, 1.82) is 0 Å². The van der Waals surface area contributed by atoms with E-state index in [0.717, 1.165) is 4.90 Å². The average molecular weight is 331 g/mol. The highest BCUT2D eigenvalue weighted by Crippen LogP contribution is 2.20. The minimum atomic E-state index is -0.625. The molecule has 8 heteroatoms. The second-order valence-electron chi connectivity index (χ2n) is 4.36. The van der Waals surface area contributed by atoms with Gasteiger partial charge in [0.25, 0.3) is 5.69 Å². The summed E-state index contributed by atoms with van der Waals surface area (Å²) in [6.45, 7) is 0. The number of rotatable bonds is 5. The van der Waals surface area contributed by atoms with Crippen molar-refractivity contribution in [3.8, 4) is 0 Å². The molecule has 0 aliphatic carbocycles. The van der Waals surface area contributed by atoms with Gasteiger partial charge in [0.05, 0.1) is 10.5 Å². The highest BCUT2D eigenvalue weighted by atomic mass is 32.2. The van der Waals surface area contributed by atoms with Gasteiger partial charge in [0, 0.05) is 22.6 Å². The van der Waals surface area contributed by atoms with Gasteiger partial charge >= 0.3 is 5.97 Å². The minimum absolute atomic E-state index is 0.0464. The maximum atomic E-state index is 12.0. The molecule has 0 unspecified atom stereocenters. The summed E-state index contributed by atoms with van der Waals surface area (Å²) in [5.74, 6) is -0.672. The molecule has 0 fully saturated rings. The molecule has 2 rings (SSSR count). The van der Waals surface area contributed by atoms with E-state index in [1.165, 1.54) is 36.0 Å². The number of nitro groups is 1. The minimum Gasteiger partial charge on any atom is -0.380 e. The Hall–Kier alpha value is -2.87.